The summed E-state index contributed by atoms with van der Waals surface area (Å²) >= 11 is 0. The van der Waals surface area contributed by atoms with E-state index in [0.29, 0.717) is 32.2 Å². The predicted octanol–water partition coefficient (Wildman–Crippen LogP) is 0.140. The normalized spacial score (nSPS) is 13.9. The molecule has 0 saturated heterocycles. The lowest BCUT2D eigenvalue weighted by Crippen LogP contribution is -2.45. The number of carbonyl (C=O) groups excluding carboxylic acids is 4. The Kier molecular flexibility index (Phi) is 44.6. The van der Waals surface area contributed by atoms with Gasteiger partial charge in [0.05, 0.1) is 25.0 Å². The van der Waals surface area contributed by atoms with Crippen LogP contribution in [0.3, 0.4) is 0 Å². The van der Waals surface area contributed by atoms with Gasteiger partial charge in [0.2, 0.25) is 19.2 Å². The topological polar surface area (TPSA) is 489 Å². The molecule has 2 amide bonds. The van der Waals surface area contributed by atoms with Crippen LogP contribution in [0.15, 0.2) is 0 Å². The van der Waals surface area contributed by atoms with E-state index in [1.54, 1.807) is 27.7 Å². The fraction of sp³-hybridized carbons (Fsp3) is 0.743. The van der Waals surface area contributed by atoms with E-state index >= 15 is 0 Å². The predicted molar refractivity (Wildman–Crippen MR) is 223 cm³/mol. The summed E-state index contributed by atoms with van der Waals surface area (Å²) in [4.78, 5) is 127. The van der Waals surface area contributed by atoms with Crippen molar-refractivity contribution in [3.63, 3.8) is 0 Å². The summed E-state index contributed by atoms with van der Waals surface area (Å²) in [6.07, 6.45) is 1.46. The van der Waals surface area contributed by atoms with Crippen LogP contribution in [0, 0.1) is 11.8 Å². The summed E-state index contributed by atoms with van der Waals surface area (Å²) in [5.41, 5.74) is 15.7. The number of hydrogen-bond acceptors (Lipinski definition) is 15. The van der Waals surface area contributed by atoms with Crippen LogP contribution in [0.25, 0.3) is 0 Å². The highest BCUT2D eigenvalue weighted by Crippen LogP contribution is 2.43. The van der Waals surface area contributed by atoms with Crippen molar-refractivity contribution in [3.05, 3.63) is 0 Å². The summed E-state index contributed by atoms with van der Waals surface area (Å²) in [5, 5.41) is 55.3. The smallest absolute Gasteiger partial charge is 0.373 e. The summed E-state index contributed by atoms with van der Waals surface area (Å²) in [5.74, 6) is -7.44. The van der Waals surface area contributed by atoms with Crippen molar-refractivity contribution < 1.29 is 102 Å². The summed E-state index contributed by atoms with van der Waals surface area (Å²) in [6, 6.07) is -3.00. The van der Waals surface area contributed by atoms with Gasteiger partial charge in [-0.15, -0.1) is 0 Å². The van der Waals surface area contributed by atoms with Crippen LogP contribution in [0.1, 0.15) is 106 Å². The molecular formula is C35H69N5O21P2. The van der Waals surface area contributed by atoms with E-state index in [2.05, 4.69) is 10.6 Å². The lowest BCUT2D eigenvalue weighted by atomic mass is 10.1. The first kappa shape index (κ1) is 70.0. The fourth-order valence-corrected chi connectivity index (χ4v) is 7.33. The van der Waals surface area contributed by atoms with Crippen molar-refractivity contribution in [1.82, 2.24) is 10.6 Å². The third-order valence-electron chi connectivity index (χ3n) is 7.39. The first-order valence-corrected chi connectivity index (χ1v) is 22.6. The number of rotatable bonds is 27. The minimum Gasteiger partial charge on any atom is -0.481 e. The molecule has 0 aliphatic carbocycles. The zero-order chi connectivity index (χ0) is 49.8. The van der Waals surface area contributed by atoms with Crippen LogP contribution in [-0.2, 0) is 57.1 Å². The monoisotopic (exact) mass is 957 g/mol. The second-order valence-corrected chi connectivity index (χ2v) is 18.2. The van der Waals surface area contributed by atoms with E-state index in [-0.39, 0.29) is 94.5 Å². The molecule has 28 heteroatoms. The van der Waals surface area contributed by atoms with Crippen molar-refractivity contribution in [1.29, 1.82) is 0 Å². The third kappa shape index (κ3) is 59.5. The second-order valence-electron chi connectivity index (χ2n) is 14.0. The Morgan fingerprint density at radius 1 is 0.587 bits per heavy atom. The first-order chi connectivity index (χ1) is 28.2. The SMILES string of the molecule is C.CC(CCC(=O)O)CP(=O)(O)CCCN.CC(CCC(=O)O)CP(=O)(O)O.CC(CCC(=O)O)NC(=O)C[C@H](N)C(=O)O.CC(CCC(=O)O)NC(=O)[C@@H](N)CC(=O)O.O=C=O. The van der Waals surface area contributed by atoms with Gasteiger partial charge in [0, 0.05) is 50.1 Å². The Morgan fingerprint density at radius 3 is 1.29 bits per heavy atom. The summed E-state index contributed by atoms with van der Waals surface area (Å²) < 4.78 is 22.0. The highest BCUT2D eigenvalue weighted by molar-refractivity contribution is 7.58. The van der Waals surface area contributed by atoms with Crippen molar-refractivity contribution in [2.75, 3.05) is 25.0 Å². The molecule has 0 bridgehead atoms. The lowest BCUT2D eigenvalue weighted by Gasteiger charge is -2.15. The number of hydrogen-bond donors (Lipinski definition) is 14. The molecule has 0 aromatic heterocycles. The van der Waals surface area contributed by atoms with Crippen LogP contribution < -0.4 is 27.8 Å². The average Bonchev–Trinajstić information content (AvgIpc) is 3.10. The highest BCUT2D eigenvalue weighted by atomic mass is 31.2. The minimum atomic E-state index is -3.97. The molecule has 26 nitrogen and oxygen atoms in total. The van der Waals surface area contributed by atoms with Crippen molar-refractivity contribution in [2.24, 2.45) is 29.0 Å². The number of aliphatic carboxylic acids is 6. The van der Waals surface area contributed by atoms with E-state index in [1.165, 1.54) is 0 Å². The molecule has 63 heavy (non-hydrogen) atoms. The average molecular weight is 958 g/mol. The molecule has 5 unspecified atom stereocenters. The molecule has 0 rings (SSSR count). The minimum absolute atomic E-state index is 0. The first-order valence-electron chi connectivity index (χ1n) is 18.7. The van der Waals surface area contributed by atoms with Crippen molar-refractivity contribution >= 4 is 68.7 Å². The van der Waals surface area contributed by atoms with Gasteiger partial charge in [-0.3, -0.25) is 47.5 Å². The zero-order valence-corrected chi connectivity index (χ0v) is 36.9. The molecular weight excluding hydrogens is 888 g/mol. The van der Waals surface area contributed by atoms with Crippen LogP contribution >= 0.6 is 15.0 Å². The Labute approximate surface area is 365 Å². The summed E-state index contributed by atoms with van der Waals surface area (Å²) in [7, 11) is -7.07. The molecule has 0 aromatic rings. The number of carbonyl (C=O) groups is 8. The fourth-order valence-electron chi connectivity index (χ4n) is 4.32. The van der Waals surface area contributed by atoms with Gasteiger partial charge in [0.25, 0.3) is 0 Å². The van der Waals surface area contributed by atoms with E-state index in [0.717, 1.165) is 0 Å². The number of carboxylic acids is 6. The van der Waals surface area contributed by atoms with Crippen molar-refractivity contribution in [2.45, 2.75) is 130 Å². The van der Waals surface area contributed by atoms with E-state index < -0.39 is 81.1 Å². The van der Waals surface area contributed by atoms with Gasteiger partial charge in [0.15, 0.2) is 0 Å². The van der Waals surface area contributed by atoms with Gasteiger partial charge < -0.3 is 73.2 Å². The maximum absolute atomic E-state index is 11.6. The molecule has 370 valence electrons. The summed E-state index contributed by atoms with van der Waals surface area (Å²) in [6.45, 7) is 7.12. The van der Waals surface area contributed by atoms with Crippen LogP contribution in [-0.4, -0.2) is 148 Å². The van der Waals surface area contributed by atoms with Gasteiger partial charge in [-0.05, 0) is 64.3 Å². The van der Waals surface area contributed by atoms with Gasteiger partial charge in [-0.25, -0.2) is 0 Å². The van der Waals surface area contributed by atoms with Gasteiger partial charge in [-0.2, -0.15) is 9.59 Å². The molecule has 0 spiro atoms. The number of nitrogens with one attached hydrogen (secondary N) is 2. The maximum atomic E-state index is 11.6. The Morgan fingerprint density at radius 2 is 0.952 bits per heavy atom. The molecule has 0 saturated carbocycles. The second kappa shape index (κ2) is 40.2. The molecule has 0 heterocycles. The van der Waals surface area contributed by atoms with Crippen LogP contribution in [0.4, 0.5) is 0 Å². The quantitative estimate of drug-likeness (QED) is 0.0487. The van der Waals surface area contributed by atoms with Crippen LogP contribution in [0.5, 0.6) is 0 Å². The Balaban J connectivity index is -0.000000168. The van der Waals surface area contributed by atoms with Crippen LogP contribution in [0.2, 0.25) is 0 Å². The molecule has 17 N–H and O–H groups in total. The van der Waals surface area contributed by atoms with Gasteiger partial charge >= 0.3 is 49.6 Å². The molecule has 7 atom stereocenters. The van der Waals surface area contributed by atoms with Gasteiger partial charge in [-0.1, -0.05) is 21.3 Å². The zero-order valence-electron chi connectivity index (χ0n) is 35.1. The standard InChI is InChI=1S/2C9H16N2O5.C9H20NO4P.C6H13O5P.CO2.CH4/c1-5(2-3-8(13)14)11-7(12)4-6(10)9(15)16;1-5(2-3-7(12)13)11-9(16)6(10)4-8(14)15;1-8(3-4-9(11)12)7-15(13,14)6-2-5-10;1-5(2-3-6(7)8)4-12(9,10)11;2-1-3;/h5-6H,2-4,10H2,1H3,(H,11,12)(H,13,14)(H,15,16);5-6H,2-4,10H2,1H3,(H,11,16)(H,12,13)(H,14,15);8H,2-7,10H2,1H3,(H,11,12)(H,13,14);5H,2-4H2,1H3,(H,7,8)(H2,9,10,11);;1H4/t2*5?,6-;;;;/m00..../s1. The number of carboxylic acid groups (broad SMARTS) is 6. The van der Waals surface area contributed by atoms with Gasteiger partial charge in [0.1, 0.15) is 6.04 Å². The maximum Gasteiger partial charge on any atom is 0.373 e. The number of nitrogens with two attached hydrogens (primary N) is 3. The van der Waals surface area contributed by atoms with E-state index in [4.69, 9.17) is 67.2 Å². The largest absolute Gasteiger partial charge is 0.481 e. The molecule has 0 aliphatic rings. The molecule has 0 radical (unpaired) electrons. The number of amides is 2. The molecule has 0 aliphatic heterocycles. The van der Waals surface area contributed by atoms with E-state index in [1.807, 2.05) is 0 Å². The van der Waals surface area contributed by atoms with E-state index in [9.17, 15) is 52.4 Å². The van der Waals surface area contributed by atoms with Crippen molar-refractivity contribution in [3.8, 4) is 0 Å². The Hall–Kier alpha value is -4.64. The lowest BCUT2D eigenvalue weighted by molar-refractivity contribution is -0.192. The highest BCUT2D eigenvalue weighted by Gasteiger charge is 2.22. The third-order valence-corrected chi connectivity index (χ3v) is 10.7. The Bertz CT molecular complexity index is 1510. The molecule has 0 fully saturated rings. The molecule has 0 aromatic carbocycles.